The molecule has 2 nitrogen and oxygen atoms in total. The number of hydrogen-bond acceptors (Lipinski definition) is 1. The van der Waals surface area contributed by atoms with Gasteiger partial charge in [-0.1, -0.05) is 30.3 Å². The lowest BCUT2D eigenvalue weighted by atomic mass is 10.0. The molecule has 0 saturated carbocycles. The molecule has 1 aromatic carbocycles. The second-order valence-corrected chi connectivity index (χ2v) is 5.67. The second kappa shape index (κ2) is 5.13. The summed E-state index contributed by atoms with van der Waals surface area (Å²) in [6, 6.07) is 11.5. The fraction of sp³-hybridized carbons (Fsp3) is 0.562. The van der Waals surface area contributed by atoms with Crippen LogP contribution >= 0.6 is 0 Å². The molecule has 0 spiro atoms. The molecule has 98 valence electrons. The van der Waals surface area contributed by atoms with E-state index in [-0.39, 0.29) is 6.10 Å². The number of rotatable bonds is 3. The van der Waals surface area contributed by atoms with Crippen molar-refractivity contribution in [3.05, 3.63) is 35.9 Å². The summed E-state index contributed by atoms with van der Waals surface area (Å²) in [6.45, 7) is 11.0. The standard InChI is InChI=1S/C16H24NO/c1-11(2)16-17(12(3)4)15(13(5)18-16)14-9-7-6-8-10-14/h6-13,15H,1-5H3/q+1/t13-,15-/m0/s1. The highest BCUT2D eigenvalue weighted by Crippen LogP contribution is 2.31. The average Bonchev–Trinajstić information content (AvgIpc) is 2.68. The van der Waals surface area contributed by atoms with E-state index in [2.05, 4.69) is 69.5 Å². The van der Waals surface area contributed by atoms with Gasteiger partial charge in [-0.05, 0) is 34.6 Å². The van der Waals surface area contributed by atoms with Crippen molar-refractivity contribution in [3.8, 4) is 0 Å². The highest BCUT2D eigenvalue weighted by molar-refractivity contribution is 5.74. The lowest BCUT2D eigenvalue weighted by Gasteiger charge is -2.15. The predicted octanol–water partition coefficient (Wildman–Crippen LogP) is 3.62. The molecule has 0 bridgehead atoms. The molecule has 1 aliphatic heterocycles. The Balaban J connectivity index is 2.45. The van der Waals surface area contributed by atoms with Gasteiger partial charge in [0.25, 0.3) is 0 Å². The molecule has 0 amide bonds. The van der Waals surface area contributed by atoms with Crippen LogP contribution in [0.1, 0.15) is 46.2 Å². The fourth-order valence-electron chi connectivity index (χ4n) is 2.77. The Kier molecular flexibility index (Phi) is 3.74. The average molecular weight is 246 g/mol. The van der Waals surface area contributed by atoms with Gasteiger partial charge in [-0.2, -0.15) is 4.58 Å². The molecule has 0 unspecified atom stereocenters. The Bertz CT molecular complexity index is 434. The summed E-state index contributed by atoms with van der Waals surface area (Å²) in [7, 11) is 0. The molecule has 0 aromatic heterocycles. The summed E-state index contributed by atoms with van der Waals surface area (Å²) in [5.41, 5.74) is 1.34. The molecule has 2 rings (SSSR count). The zero-order chi connectivity index (χ0) is 13.3. The molecule has 1 heterocycles. The monoisotopic (exact) mass is 246 g/mol. The number of benzene rings is 1. The van der Waals surface area contributed by atoms with Gasteiger partial charge in [-0.3, -0.25) is 0 Å². The van der Waals surface area contributed by atoms with E-state index in [1.165, 1.54) is 5.56 Å². The first-order valence-corrected chi connectivity index (χ1v) is 6.89. The zero-order valence-corrected chi connectivity index (χ0v) is 12.1. The summed E-state index contributed by atoms with van der Waals surface area (Å²) >= 11 is 0. The van der Waals surface area contributed by atoms with Crippen molar-refractivity contribution >= 4 is 5.90 Å². The Labute approximate surface area is 110 Å². The van der Waals surface area contributed by atoms with Crippen LogP contribution in [-0.2, 0) is 4.74 Å². The van der Waals surface area contributed by atoms with E-state index in [0.29, 0.717) is 18.0 Å². The number of ether oxygens (including phenoxy) is 1. The first-order valence-electron chi connectivity index (χ1n) is 6.89. The molecular weight excluding hydrogens is 222 g/mol. The van der Waals surface area contributed by atoms with Gasteiger partial charge in [-0.15, -0.1) is 0 Å². The van der Waals surface area contributed by atoms with Crippen molar-refractivity contribution < 1.29 is 9.31 Å². The van der Waals surface area contributed by atoms with E-state index in [1.54, 1.807) is 0 Å². The fourth-order valence-corrected chi connectivity index (χ4v) is 2.77. The van der Waals surface area contributed by atoms with Gasteiger partial charge < -0.3 is 4.74 Å². The molecule has 0 N–H and O–H groups in total. The minimum absolute atomic E-state index is 0.215. The third-order valence-electron chi connectivity index (χ3n) is 3.50. The smallest absolute Gasteiger partial charge is 0.340 e. The van der Waals surface area contributed by atoms with Crippen LogP contribution in [-0.4, -0.2) is 22.6 Å². The largest absolute Gasteiger partial charge is 0.437 e. The molecule has 0 fully saturated rings. The predicted molar refractivity (Wildman–Crippen MR) is 75.0 cm³/mol. The third kappa shape index (κ3) is 2.29. The number of nitrogens with zero attached hydrogens (tertiary/aromatic N) is 1. The maximum atomic E-state index is 6.11. The van der Waals surface area contributed by atoms with Crippen molar-refractivity contribution in [1.82, 2.24) is 0 Å². The quantitative estimate of drug-likeness (QED) is 0.742. The van der Waals surface area contributed by atoms with E-state index < -0.39 is 0 Å². The molecule has 2 atom stereocenters. The molecule has 0 saturated heterocycles. The second-order valence-electron chi connectivity index (χ2n) is 5.67. The lowest BCUT2D eigenvalue weighted by molar-refractivity contribution is -0.596. The van der Waals surface area contributed by atoms with Crippen LogP contribution in [0.25, 0.3) is 0 Å². The maximum Gasteiger partial charge on any atom is 0.340 e. The SMILES string of the molecule is CC(C)C1=[N+](C(C)C)[C@H](c2ccccc2)[C@H](C)O1. The van der Waals surface area contributed by atoms with Crippen LogP contribution in [0.2, 0.25) is 0 Å². The summed E-state index contributed by atoms with van der Waals surface area (Å²) in [6.07, 6.45) is 0.215. The Morgan fingerprint density at radius 1 is 1.06 bits per heavy atom. The molecule has 0 aliphatic carbocycles. The third-order valence-corrected chi connectivity index (χ3v) is 3.50. The molecular formula is C16H24NO+. The van der Waals surface area contributed by atoms with Crippen molar-refractivity contribution in [2.75, 3.05) is 0 Å². The molecule has 1 aromatic rings. The van der Waals surface area contributed by atoms with Crippen LogP contribution < -0.4 is 0 Å². The van der Waals surface area contributed by atoms with E-state index >= 15 is 0 Å². The summed E-state index contributed by atoms with van der Waals surface area (Å²) in [4.78, 5) is 0. The van der Waals surface area contributed by atoms with Crippen molar-refractivity contribution in [3.63, 3.8) is 0 Å². The zero-order valence-electron chi connectivity index (χ0n) is 12.1. The van der Waals surface area contributed by atoms with Gasteiger partial charge in [0.1, 0.15) is 0 Å². The molecule has 18 heavy (non-hydrogen) atoms. The van der Waals surface area contributed by atoms with E-state index in [0.717, 1.165) is 5.90 Å². The summed E-state index contributed by atoms with van der Waals surface area (Å²) < 4.78 is 8.54. The lowest BCUT2D eigenvalue weighted by Crippen LogP contribution is -2.29. The first kappa shape index (κ1) is 13.1. The van der Waals surface area contributed by atoms with E-state index in [1.807, 2.05) is 0 Å². The van der Waals surface area contributed by atoms with Gasteiger partial charge in [0, 0.05) is 5.56 Å². The van der Waals surface area contributed by atoms with Crippen LogP contribution in [0, 0.1) is 5.92 Å². The van der Waals surface area contributed by atoms with Crippen molar-refractivity contribution in [1.29, 1.82) is 0 Å². The van der Waals surface area contributed by atoms with Gasteiger partial charge in [0.2, 0.25) is 6.04 Å². The molecule has 2 heteroatoms. The van der Waals surface area contributed by atoms with Crippen LogP contribution in [0.4, 0.5) is 0 Å². The highest BCUT2D eigenvalue weighted by atomic mass is 16.5. The van der Waals surface area contributed by atoms with Crippen molar-refractivity contribution in [2.24, 2.45) is 5.92 Å². The van der Waals surface area contributed by atoms with Gasteiger partial charge in [-0.25, -0.2) is 0 Å². The van der Waals surface area contributed by atoms with E-state index in [4.69, 9.17) is 4.74 Å². The topological polar surface area (TPSA) is 12.2 Å². The van der Waals surface area contributed by atoms with Gasteiger partial charge in [0.05, 0.1) is 5.92 Å². The Hall–Kier alpha value is -1.31. The Morgan fingerprint density at radius 2 is 1.67 bits per heavy atom. The summed E-state index contributed by atoms with van der Waals surface area (Å²) in [5.74, 6) is 1.56. The van der Waals surface area contributed by atoms with Gasteiger partial charge in [0.15, 0.2) is 12.1 Å². The normalized spacial score (nSPS) is 23.9. The van der Waals surface area contributed by atoms with E-state index in [9.17, 15) is 0 Å². The van der Waals surface area contributed by atoms with Crippen LogP contribution in [0.15, 0.2) is 30.3 Å². The maximum absolute atomic E-state index is 6.11. The summed E-state index contributed by atoms with van der Waals surface area (Å²) in [5, 5.41) is 0. The van der Waals surface area contributed by atoms with Crippen LogP contribution in [0.3, 0.4) is 0 Å². The number of hydrogen-bond donors (Lipinski definition) is 0. The minimum Gasteiger partial charge on any atom is -0.437 e. The molecule has 1 aliphatic rings. The van der Waals surface area contributed by atoms with Crippen molar-refractivity contribution in [2.45, 2.75) is 52.8 Å². The minimum atomic E-state index is 0.215. The molecule has 0 radical (unpaired) electrons. The van der Waals surface area contributed by atoms with Crippen LogP contribution in [0.5, 0.6) is 0 Å². The highest BCUT2D eigenvalue weighted by Gasteiger charge is 2.44. The first-order chi connectivity index (χ1) is 8.52. The van der Waals surface area contributed by atoms with Gasteiger partial charge >= 0.3 is 5.90 Å². The Morgan fingerprint density at radius 3 is 2.17 bits per heavy atom.